The molecule has 2 aromatic rings. The number of hydrogen-bond donors (Lipinski definition) is 0. The Morgan fingerprint density at radius 2 is 1.13 bits per heavy atom. The maximum Gasteiger partial charge on any atom is -0.00507 e. The molecule has 74 valence electrons. The minimum atomic E-state index is 1.26. The molecule has 0 aromatic heterocycles. The Balaban J connectivity index is 2.44. The predicted molar refractivity (Wildman–Crippen MR) is 74.0 cm³/mol. The van der Waals surface area contributed by atoms with Crippen molar-refractivity contribution in [3.8, 4) is 0 Å². The Labute approximate surface area is 104 Å². The highest BCUT2D eigenvalue weighted by molar-refractivity contribution is 14.1. The van der Waals surface area contributed by atoms with Gasteiger partial charge in [-0.1, -0.05) is 83.3 Å². The number of halogens is 1. The molecule has 0 aliphatic carbocycles. The molecule has 2 rings (SSSR count). The largest absolute Gasteiger partial charge is 0.0622 e. The van der Waals surface area contributed by atoms with Gasteiger partial charge < -0.3 is 0 Å². The van der Waals surface area contributed by atoms with E-state index in [1.807, 2.05) is 12.1 Å². The molecule has 0 atom stereocenters. The monoisotopic (exact) mass is 306 g/mol. The molecule has 0 radical (unpaired) electrons. The topological polar surface area (TPSA) is 0 Å². The van der Waals surface area contributed by atoms with Crippen LogP contribution in [0.1, 0.15) is 11.1 Å². The summed E-state index contributed by atoms with van der Waals surface area (Å²) in [5.41, 5.74) is 3.80. The van der Waals surface area contributed by atoms with Crippen molar-refractivity contribution in [3.05, 3.63) is 75.9 Å². The van der Waals surface area contributed by atoms with Gasteiger partial charge in [-0.3, -0.25) is 0 Å². The van der Waals surface area contributed by atoms with Gasteiger partial charge in [-0.25, -0.2) is 0 Å². The van der Waals surface area contributed by atoms with Crippen molar-refractivity contribution in [1.82, 2.24) is 0 Å². The van der Waals surface area contributed by atoms with Crippen LogP contribution in [0.15, 0.2) is 64.7 Å². The second-order valence-corrected chi connectivity index (χ2v) is 3.88. The molecule has 0 bridgehead atoms. The number of benzene rings is 2. The molecule has 0 nitrogen and oxygen atoms in total. The molecule has 0 spiro atoms. The van der Waals surface area contributed by atoms with Crippen molar-refractivity contribution >= 4 is 28.2 Å². The third kappa shape index (κ3) is 2.48. The maximum atomic E-state index is 2.29. The molecular weight excluding hydrogens is 295 g/mol. The normalized spacial score (nSPS) is 9.67. The molecule has 1 heteroatoms. The quantitative estimate of drug-likeness (QED) is 0.716. The van der Waals surface area contributed by atoms with Crippen molar-refractivity contribution < 1.29 is 0 Å². The highest BCUT2D eigenvalue weighted by atomic mass is 127. The van der Waals surface area contributed by atoms with Crippen LogP contribution in [0.5, 0.6) is 0 Å². The second kappa shape index (κ2) is 5.12. The van der Waals surface area contributed by atoms with Crippen LogP contribution >= 0.6 is 22.6 Å². The summed E-state index contributed by atoms with van der Waals surface area (Å²) >= 11 is 2.29. The van der Waals surface area contributed by atoms with Gasteiger partial charge in [0, 0.05) is 0 Å². The van der Waals surface area contributed by atoms with Crippen LogP contribution in [0.3, 0.4) is 0 Å². The third-order valence-corrected chi connectivity index (χ3v) is 2.90. The van der Waals surface area contributed by atoms with Gasteiger partial charge in [0.05, 0.1) is 0 Å². The smallest absolute Gasteiger partial charge is 0.00507 e. The van der Waals surface area contributed by atoms with Crippen molar-refractivity contribution in [3.63, 3.8) is 0 Å². The SMILES string of the molecule is IC=C(c1ccccc1)c1ccccc1. The summed E-state index contributed by atoms with van der Waals surface area (Å²) in [4.78, 5) is 0. The summed E-state index contributed by atoms with van der Waals surface area (Å²) in [6, 6.07) is 20.9. The standard InChI is InChI=1S/C14H11I/c15-11-14(12-7-3-1-4-8-12)13-9-5-2-6-10-13/h1-11H. The van der Waals surface area contributed by atoms with E-state index in [1.54, 1.807) is 0 Å². The molecule has 0 fully saturated rings. The Kier molecular flexibility index (Phi) is 3.56. The first-order valence-electron chi connectivity index (χ1n) is 4.83. The van der Waals surface area contributed by atoms with Crippen LogP contribution in [-0.4, -0.2) is 0 Å². The highest BCUT2D eigenvalue weighted by Crippen LogP contribution is 2.24. The van der Waals surface area contributed by atoms with Gasteiger partial charge in [-0.05, 0) is 20.8 Å². The van der Waals surface area contributed by atoms with Crippen molar-refractivity contribution in [2.75, 3.05) is 0 Å². The van der Waals surface area contributed by atoms with Gasteiger partial charge >= 0.3 is 0 Å². The van der Waals surface area contributed by atoms with E-state index >= 15 is 0 Å². The van der Waals surface area contributed by atoms with E-state index in [0.29, 0.717) is 0 Å². The van der Waals surface area contributed by atoms with Gasteiger partial charge in [0.1, 0.15) is 0 Å². The fourth-order valence-electron chi connectivity index (χ4n) is 1.53. The molecule has 0 N–H and O–H groups in total. The molecule has 0 unspecified atom stereocenters. The summed E-state index contributed by atoms with van der Waals surface area (Å²) in [6.45, 7) is 0. The minimum absolute atomic E-state index is 1.26. The van der Waals surface area contributed by atoms with E-state index in [4.69, 9.17) is 0 Å². The summed E-state index contributed by atoms with van der Waals surface area (Å²) in [6.07, 6.45) is 0. The zero-order valence-electron chi connectivity index (χ0n) is 8.23. The lowest BCUT2D eigenvalue weighted by molar-refractivity contribution is 1.56. The van der Waals surface area contributed by atoms with Crippen LogP contribution in [0, 0.1) is 0 Å². The minimum Gasteiger partial charge on any atom is -0.0622 e. The first kappa shape index (κ1) is 10.4. The molecule has 15 heavy (non-hydrogen) atoms. The molecule has 0 amide bonds. The van der Waals surface area contributed by atoms with Gasteiger partial charge in [-0.15, -0.1) is 0 Å². The van der Waals surface area contributed by atoms with Crippen molar-refractivity contribution in [1.29, 1.82) is 0 Å². The Morgan fingerprint density at radius 1 is 0.733 bits per heavy atom. The zero-order chi connectivity index (χ0) is 10.5. The molecule has 0 saturated heterocycles. The fourth-order valence-corrected chi connectivity index (χ4v) is 2.25. The fraction of sp³-hybridized carbons (Fsp3) is 0. The lowest BCUT2D eigenvalue weighted by atomic mass is 10.00. The molecule has 0 heterocycles. The maximum absolute atomic E-state index is 2.29. The molecule has 2 aromatic carbocycles. The van der Waals surface area contributed by atoms with E-state index in [1.165, 1.54) is 16.7 Å². The van der Waals surface area contributed by atoms with Gasteiger partial charge in [0.2, 0.25) is 0 Å². The van der Waals surface area contributed by atoms with E-state index in [-0.39, 0.29) is 0 Å². The van der Waals surface area contributed by atoms with Gasteiger partial charge in [0.15, 0.2) is 0 Å². The highest BCUT2D eigenvalue weighted by Gasteiger charge is 2.01. The first-order valence-corrected chi connectivity index (χ1v) is 6.07. The van der Waals surface area contributed by atoms with Crippen LogP contribution in [0.25, 0.3) is 5.57 Å². The van der Waals surface area contributed by atoms with Crippen molar-refractivity contribution in [2.24, 2.45) is 0 Å². The van der Waals surface area contributed by atoms with E-state index in [0.717, 1.165) is 0 Å². The van der Waals surface area contributed by atoms with E-state index in [2.05, 4.69) is 75.2 Å². The summed E-state index contributed by atoms with van der Waals surface area (Å²) in [5.74, 6) is 0. The van der Waals surface area contributed by atoms with E-state index < -0.39 is 0 Å². The summed E-state index contributed by atoms with van der Waals surface area (Å²) in [5, 5.41) is 0. The van der Waals surface area contributed by atoms with Crippen LogP contribution < -0.4 is 0 Å². The summed E-state index contributed by atoms with van der Waals surface area (Å²) in [7, 11) is 0. The van der Waals surface area contributed by atoms with Crippen LogP contribution in [0.4, 0.5) is 0 Å². The third-order valence-electron chi connectivity index (χ3n) is 2.28. The molecule has 0 aliphatic heterocycles. The number of rotatable bonds is 2. The average Bonchev–Trinajstić information content (AvgIpc) is 2.33. The second-order valence-electron chi connectivity index (χ2n) is 3.25. The lowest BCUT2D eigenvalue weighted by Gasteiger charge is -2.06. The number of hydrogen-bond acceptors (Lipinski definition) is 0. The molecule has 0 saturated carbocycles. The van der Waals surface area contributed by atoms with Gasteiger partial charge in [-0.2, -0.15) is 0 Å². The Bertz CT molecular complexity index is 402. The van der Waals surface area contributed by atoms with Crippen molar-refractivity contribution in [2.45, 2.75) is 0 Å². The molecular formula is C14H11I. The van der Waals surface area contributed by atoms with Crippen LogP contribution in [-0.2, 0) is 0 Å². The van der Waals surface area contributed by atoms with Crippen LogP contribution in [0.2, 0.25) is 0 Å². The first-order chi connectivity index (χ1) is 7.42. The summed E-state index contributed by atoms with van der Waals surface area (Å²) < 4.78 is 2.13. The van der Waals surface area contributed by atoms with E-state index in [9.17, 15) is 0 Å². The average molecular weight is 306 g/mol. The lowest BCUT2D eigenvalue weighted by Crippen LogP contribution is -1.85. The Morgan fingerprint density at radius 3 is 1.47 bits per heavy atom. The molecule has 0 aliphatic rings. The predicted octanol–water partition coefficient (Wildman–Crippen LogP) is 4.51. The van der Waals surface area contributed by atoms with Gasteiger partial charge in [0.25, 0.3) is 0 Å². The Hall–Kier alpha value is -1.09. The zero-order valence-corrected chi connectivity index (χ0v) is 10.4.